The normalized spacial score (nSPS) is 15.3. The molecule has 98 valence electrons. The van der Waals surface area contributed by atoms with E-state index < -0.39 is 5.91 Å². The number of rotatable bonds is 3. The molecule has 0 aliphatic carbocycles. The highest BCUT2D eigenvalue weighted by molar-refractivity contribution is 7.99. The summed E-state index contributed by atoms with van der Waals surface area (Å²) in [5, 5.41) is 9.69. The fraction of sp³-hybridized carbons (Fsp3) is 0.545. The Morgan fingerprint density at radius 3 is 3.11 bits per heavy atom. The molecule has 18 heavy (non-hydrogen) atoms. The SMILES string of the molecule is CC(CO)N(C)C(=O)c1cnc2n(c1=O)CCS2. The van der Waals surface area contributed by atoms with Gasteiger partial charge in [-0.15, -0.1) is 0 Å². The number of aromatic nitrogens is 2. The van der Waals surface area contributed by atoms with E-state index in [0.717, 1.165) is 5.75 Å². The molecule has 1 aromatic rings. The molecule has 1 amide bonds. The highest BCUT2D eigenvalue weighted by atomic mass is 32.2. The van der Waals surface area contributed by atoms with E-state index in [1.807, 2.05) is 0 Å². The zero-order valence-corrected chi connectivity index (χ0v) is 11.1. The molecule has 0 spiro atoms. The Morgan fingerprint density at radius 1 is 1.72 bits per heavy atom. The molecule has 0 saturated heterocycles. The molecule has 0 radical (unpaired) electrons. The molecule has 0 bridgehead atoms. The van der Waals surface area contributed by atoms with Crippen molar-refractivity contribution in [2.24, 2.45) is 0 Å². The minimum absolute atomic E-state index is 0.0593. The number of fused-ring (bicyclic) bond motifs is 1. The first-order valence-electron chi connectivity index (χ1n) is 5.67. The van der Waals surface area contributed by atoms with Crippen LogP contribution in [-0.4, -0.2) is 50.9 Å². The third-order valence-electron chi connectivity index (χ3n) is 3.03. The molecule has 1 aliphatic heterocycles. The maximum Gasteiger partial charge on any atom is 0.267 e. The Morgan fingerprint density at radius 2 is 2.44 bits per heavy atom. The number of nitrogens with zero attached hydrogens (tertiary/aromatic N) is 3. The predicted molar refractivity (Wildman–Crippen MR) is 67.9 cm³/mol. The van der Waals surface area contributed by atoms with E-state index in [9.17, 15) is 9.59 Å². The summed E-state index contributed by atoms with van der Waals surface area (Å²) < 4.78 is 1.52. The van der Waals surface area contributed by atoms with Gasteiger partial charge in [0.15, 0.2) is 5.16 Å². The van der Waals surface area contributed by atoms with E-state index in [0.29, 0.717) is 11.7 Å². The molecule has 6 nitrogen and oxygen atoms in total. The number of carbonyl (C=O) groups excluding carboxylic acids is 1. The molecule has 0 aromatic carbocycles. The quantitative estimate of drug-likeness (QED) is 0.769. The third kappa shape index (κ3) is 2.15. The second-order valence-electron chi connectivity index (χ2n) is 4.21. The van der Waals surface area contributed by atoms with Gasteiger partial charge in [0.05, 0.1) is 12.6 Å². The van der Waals surface area contributed by atoms with Gasteiger partial charge in [-0.25, -0.2) is 4.98 Å². The van der Waals surface area contributed by atoms with Crippen LogP contribution >= 0.6 is 11.8 Å². The topological polar surface area (TPSA) is 75.4 Å². The Bertz CT molecular complexity index is 529. The Hall–Kier alpha value is -1.34. The molecule has 1 aromatic heterocycles. The standard InChI is InChI=1S/C11H15N3O3S/c1-7(6-15)13(2)9(16)8-5-12-11-14(10(8)17)3-4-18-11/h5,7,15H,3-4,6H2,1-2H3. The number of aliphatic hydroxyl groups excluding tert-OH is 1. The average molecular weight is 269 g/mol. The molecule has 2 rings (SSSR count). The van der Waals surface area contributed by atoms with E-state index >= 15 is 0 Å². The van der Waals surface area contributed by atoms with Crippen molar-refractivity contribution in [1.82, 2.24) is 14.5 Å². The molecule has 1 N–H and O–H groups in total. The van der Waals surface area contributed by atoms with Gasteiger partial charge in [-0.1, -0.05) is 11.8 Å². The molecule has 1 atom stereocenters. The summed E-state index contributed by atoms with van der Waals surface area (Å²) in [6.07, 6.45) is 1.33. The fourth-order valence-corrected chi connectivity index (χ4v) is 2.59. The van der Waals surface area contributed by atoms with E-state index in [4.69, 9.17) is 5.11 Å². The molecule has 1 unspecified atom stereocenters. The van der Waals surface area contributed by atoms with Crippen LogP contribution in [0.15, 0.2) is 16.1 Å². The molecule has 0 fully saturated rings. The van der Waals surface area contributed by atoms with Gasteiger partial charge < -0.3 is 10.0 Å². The second-order valence-corrected chi connectivity index (χ2v) is 5.27. The van der Waals surface area contributed by atoms with E-state index in [2.05, 4.69) is 4.98 Å². The number of amides is 1. The summed E-state index contributed by atoms with van der Waals surface area (Å²) in [5.74, 6) is 0.407. The Labute approximate surface area is 109 Å². The first-order chi connectivity index (χ1) is 8.56. The Balaban J connectivity index is 2.35. The van der Waals surface area contributed by atoms with Crippen molar-refractivity contribution >= 4 is 17.7 Å². The van der Waals surface area contributed by atoms with Gasteiger partial charge in [0.2, 0.25) is 0 Å². The van der Waals surface area contributed by atoms with Gasteiger partial charge in [-0.2, -0.15) is 0 Å². The van der Waals surface area contributed by atoms with Crippen LogP contribution in [0.5, 0.6) is 0 Å². The summed E-state index contributed by atoms with van der Waals surface area (Å²) in [4.78, 5) is 29.7. The van der Waals surface area contributed by atoms with Crippen molar-refractivity contribution in [3.8, 4) is 0 Å². The first kappa shape index (κ1) is 13.1. The van der Waals surface area contributed by atoms with Gasteiger partial charge in [0.25, 0.3) is 11.5 Å². The van der Waals surface area contributed by atoms with Crippen LogP contribution in [0.1, 0.15) is 17.3 Å². The van der Waals surface area contributed by atoms with Crippen molar-refractivity contribution < 1.29 is 9.90 Å². The van der Waals surface area contributed by atoms with Gasteiger partial charge in [0.1, 0.15) is 5.56 Å². The molecule has 7 heteroatoms. The maximum atomic E-state index is 12.1. The van der Waals surface area contributed by atoms with Crippen molar-refractivity contribution in [2.45, 2.75) is 24.7 Å². The summed E-state index contributed by atoms with van der Waals surface area (Å²) in [6.45, 7) is 2.16. The smallest absolute Gasteiger partial charge is 0.267 e. The monoisotopic (exact) mass is 269 g/mol. The van der Waals surface area contributed by atoms with Crippen LogP contribution in [0.25, 0.3) is 0 Å². The van der Waals surface area contributed by atoms with Crippen LogP contribution in [0.3, 0.4) is 0 Å². The number of aliphatic hydroxyl groups is 1. The largest absolute Gasteiger partial charge is 0.394 e. The number of likely N-dealkylation sites (N-methyl/N-ethyl adjacent to an activating group) is 1. The highest BCUT2D eigenvalue weighted by Crippen LogP contribution is 2.20. The van der Waals surface area contributed by atoms with Gasteiger partial charge >= 0.3 is 0 Å². The zero-order valence-electron chi connectivity index (χ0n) is 10.3. The lowest BCUT2D eigenvalue weighted by Gasteiger charge is -2.22. The number of thioether (sulfide) groups is 1. The van der Waals surface area contributed by atoms with Crippen LogP contribution in [0.4, 0.5) is 0 Å². The summed E-state index contributed by atoms with van der Waals surface area (Å²) in [6, 6.07) is -0.329. The zero-order chi connectivity index (χ0) is 13.3. The van der Waals surface area contributed by atoms with Crippen LogP contribution in [0, 0.1) is 0 Å². The van der Waals surface area contributed by atoms with E-state index in [1.54, 1.807) is 14.0 Å². The van der Waals surface area contributed by atoms with Gasteiger partial charge in [0, 0.05) is 25.5 Å². The number of hydrogen-bond donors (Lipinski definition) is 1. The lowest BCUT2D eigenvalue weighted by Crippen LogP contribution is -2.41. The van der Waals surface area contributed by atoms with Crippen molar-refractivity contribution in [2.75, 3.05) is 19.4 Å². The fourth-order valence-electron chi connectivity index (χ4n) is 1.68. The summed E-state index contributed by atoms with van der Waals surface area (Å²) in [7, 11) is 1.56. The van der Waals surface area contributed by atoms with Crippen LogP contribution in [-0.2, 0) is 6.54 Å². The average Bonchev–Trinajstić information content (AvgIpc) is 2.86. The molecule has 0 saturated carbocycles. The van der Waals surface area contributed by atoms with Crippen molar-refractivity contribution in [1.29, 1.82) is 0 Å². The minimum Gasteiger partial charge on any atom is -0.394 e. The summed E-state index contributed by atoms with van der Waals surface area (Å²) >= 11 is 1.51. The first-order valence-corrected chi connectivity index (χ1v) is 6.65. The van der Waals surface area contributed by atoms with Gasteiger partial charge in [-0.05, 0) is 6.92 Å². The van der Waals surface area contributed by atoms with Crippen molar-refractivity contribution in [3.05, 3.63) is 22.1 Å². The van der Waals surface area contributed by atoms with Crippen molar-refractivity contribution in [3.63, 3.8) is 0 Å². The highest BCUT2D eigenvalue weighted by Gasteiger charge is 2.23. The van der Waals surface area contributed by atoms with Crippen LogP contribution < -0.4 is 5.56 Å². The van der Waals surface area contributed by atoms with E-state index in [1.165, 1.54) is 27.4 Å². The third-order valence-corrected chi connectivity index (χ3v) is 4.00. The predicted octanol–water partition coefficient (Wildman–Crippen LogP) is -0.198. The minimum atomic E-state index is -0.402. The summed E-state index contributed by atoms with van der Waals surface area (Å²) in [5.41, 5.74) is -0.240. The number of carbonyl (C=O) groups is 1. The lowest BCUT2D eigenvalue weighted by molar-refractivity contribution is 0.0679. The van der Waals surface area contributed by atoms with Gasteiger partial charge in [-0.3, -0.25) is 14.2 Å². The molecule has 2 heterocycles. The lowest BCUT2D eigenvalue weighted by atomic mass is 10.2. The van der Waals surface area contributed by atoms with E-state index in [-0.39, 0.29) is 23.8 Å². The Kier molecular flexibility index (Phi) is 3.72. The molecular formula is C11H15N3O3S. The maximum absolute atomic E-state index is 12.1. The molecular weight excluding hydrogens is 254 g/mol. The van der Waals surface area contributed by atoms with Crippen LogP contribution in [0.2, 0.25) is 0 Å². The second kappa shape index (κ2) is 5.11. The number of hydrogen-bond acceptors (Lipinski definition) is 5. The molecule has 1 aliphatic rings.